The number of anilines is 1. The number of hydrogen-bond acceptors (Lipinski definition) is 6. The second-order valence-corrected chi connectivity index (χ2v) is 8.92. The number of hydrogen-bond donors (Lipinski definition) is 0. The lowest BCUT2D eigenvalue weighted by Crippen LogP contribution is -2.37. The molecule has 2 heterocycles. The van der Waals surface area contributed by atoms with Crippen molar-refractivity contribution < 1.29 is 17.5 Å². The molecule has 0 N–H and O–H groups in total. The van der Waals surface area contributed by atoms with Crippen LogP contribution in [-0.2, 0) is 14.6 Å². The lowest BCUT2D eigenvalue weighted by Gasteiger charge is -2.28. The van der Waals surface area contributed by atoms with Gasteiger partial charge >= 0.3 is 0 Å². The molecule has 1 aromatic heterocycles. The quantitative estimate of drug-likeness (QED) is 0.604. The minimum atomic E-state index is -3.40. The Bertz CT molecular complexity index is 1160. The Balaban J connectivity index is 1.87. The molecule has 0 radical (unpaired) electrons. The van der Waals surface area contributed by atoms with Gasteiger partial charge in [0.2, 0.25) is 5.28 Å². The summed E-state index contributed by atoms with van der Waals surface area (Å²) in [6.45, 7) is 2.37. The van der Waals surface area contributed by atoms with Gasteiger partial charge in [-0.3, -0.25) is 0 Å². The topological polar surface area (TPSA) is 72.4 Å². The van der Waals surface area contributed by atoms with Gasteiger partial charge in [-0.1, -0.05) is 12.1 Å². The summed E-state index contributed by atoms with van der Waals surface area (Å²) in [6.07, 6.45) is 1.12. The zero-order valence-corrected chi connectivity index (χ0v) is 16.6. The van der Waals surface area contributed by atoms with E-state index in [9.17, 15) is 8.42 Å². The maximum atomic E-state index is 15.0. The predicted octanol–water partition coefficient (Wildman–Crippen LogP) is 3.33. The highest BCUT2D eigenvalue weighted by molar-refractivity contribution is 7.90. The number of nitrogens with zero attached hydrogens (tertiary/aromatic N) is 3. The van der Waals surface area contributed by atoms with Gasteiger partial charge in [-0.15, -0.1) is 0 Å². The molecule has 1 aliphatic heterocycles. The van der Waals surface area contributed by atoms with Crippen molar-refractivity contribution >= 4 is 38.2 Å². The zero-order chi connectivity index (χ0) is 19.9. The molecule has 6 nitrogen and oxygen atoms in total. The third kappa shape index (κ3) is 3.67. The van der Waals surface area contributed by atoms with Gasteiger partial charge in [0, 0.05) is 30.3 Å². The van der Waals surface area contributed by atoms with Crippen LogP contribution in [0, 0.1) is 5.82 Å². The molecule has 1 saturated heterocycles. The molecule has 9 heteroatoms. The molecule has 1 aliphatic rings. The molecular formula is C19H17ClFN3O3S. The summed E-state index contributed by atoms with van der Waals surface area (Å²) in [6, 6.07) is 9.12. The van der Waals surface area contributed by atoms with Crippen LogP contribution in [0.25, 0.3) is 22.0 Å². The van der Waals surface area contributed by atoms with E-state index >= 15 is 4.39 Å². The van der Waals surface area contributed by atoms with Crippen LogP contribution >= 0.6 is 11.6 Å². The fourth-order valence-corrected chi connectivity index (χ4v) is 4.08. The molecule has 0 aliphatic carbocycles. The van der Waals surface area contributed by atoms with Gasteiger partial charge < -0.3 is 9.64 Å². The predicted molar refractivity (Wildman–Crippen MR) is 106 cm³/mol. The van der Waals surface area contributed by atoms with Gasteiger partial charge in [0.15, 0.2) is 9.84 Å². The summed E-state index contributed by atoms with van der Waals surface area (Å²) in [5.74, 6) is 0.0761. The van der Waals surface area contributed by atoms with E-state index in [4.69, 9.17) is 16.3 Å². The maximum absolute atomic E-state index is 15.0. The third-order valence-electron chi connectivity index (χ3n) is 4.62. The van der Waals surface area contributed by atoms with Crippen molar-refractivity contribution in [3.8, 4) is 11.1 Å². The number of benzene rings is 2. The van der Waals surface area contributed by atoms with E-state index in [0.29, 0.717) is 48.6 Å². The minimum absolute atomic E-state index is 0.0661. The molecule has 4 rings (SSSR count). The van der Waals surface area contributed by atoms with Crippen molar-refractivity contribution in [3.05, 3.63) is 47.5 Å². The molecule has 3 aromatic rings. The molecular weight excluding hydrogens is 405 g/mol. The normalized spacial score (nSPS) is 15.2. The third-order valence-corrected chi connectivity index (χ3v) is 5.90. The molecule has 1 fully saturated rings. The molecule has 146 valence electrons. The minimum Gasteiger partial charge on any atom is -0.378 e. The van der Waals surface area contributed by atoms with Gasteiger partial charge in [-0.05, 0) is 41.4 Å². The van der Waals surface area contributed by atoms with Crippen molar-refractivity contribution in [1.29, 1.82) is 0 Å². The molecule has 0 unspecified atom stereocenters. The lowest BCUT2D eigenvalue weighted by molar-refractivity contribution is 0.122. The molecule has 2 aromatic carbocycles. The highest BCUT2D eigenvalue weighted by Gasteiger charge is 2.19. The largest absolute Gasteiger partial charge is 0.378 e. The first-order chi connectivity index (χ1) is 13.3. The number of sulfone groups is 1. The van der Waals surface area contributed by atoms with Crippen LogP contribution in [0.5, 0.6) is 0 Å². The summed E-state index contributed by atoms with van der Waals surface area (Å²) in [5, 5.41) is 0.614. The molecule has 0 spiro atoms. The summed E-state index contributed by atoms with van der Waals surface area (Å²) >= 11 is 6.11. The van der Waals surface area contributed by atoms with Crippen LogP contribution in [-0.4, -0.2) is 50.9 Å². The van der Waals surface area contributed by atoms with Gasteiger partial charge in [-0.25, -0.2) is 17.8 Å². The molecule has 0 amide bonds. The average molecular weight is 422 g/mol. The van der Waals surface area contributed by atoms with Gasteiger partial charge in [0.05, 0.1) is 23.6 Å². The molecule has 0 atom stereocenters. The van der Waals surface area contributed by atoms with Gasteiger partial charge in [0.25, 0.3) is 0 Å². The first-order valence-corrected chi connectivity index (χ1v) is 10.9. The molecule has 0 bridgehead atoms. The van der Waals surface area contributed by atoms with E-state index < -0.39 is 15.7 Å². The summed E-state index contributed by atoms with van der Waals surface area (Å²) in [7, 11) is -3.40. The van der Waals surface area contributed by atoms with E-state index in [1.54, 1.807) is 18.2 Å². The standard InChI is InChI=1S/C19H17ClFN3O3S/c1-28(25,26)13-4-2-3-12(9-13)14-11-17-15(10-16(14)21)18(23-19(20)22-17)24-5-7-27-8-6-24/h2-4,9-11H,5-8H2,1H3. The van der Waals surface area contributed by atoms with Crippen molar-refractivity contribution in [3.63, 3.8) is 0 Å². The van der Waals surface area contributed by atoms with Crippen molar-refractivity contribution in [1.82, 2.24) is 9.97 Å². The van der Waals surface area contributed by atoms with Crippen LogP contribution in [0.1, 0.15) is 0 Å². The van der Waals surface area contributed by atoms with Crippen molar-refractivity contribution in [2.24, 2.45) is 0 Å². The fourth-order valence-electron chi connectivity index (χ4n) is 3.24. The fraction of sp³-hybridized carbons (Fsp3) is 0.263. The smallest absolute Gasteiger partial charge is 0.224 e. The second kappa shape index (κ2) is 7.27. The molecule has 0 saturated carbocycles. The summed E-state index contributed by atoms with van der Waals surface area (Å²) < 4.78 is 44.0. The van der Waals surface area contributed by atoms with Gasteiger partial charge in [-0.2, -0.15) is 4.98 Å². The number of fused-ring (bicyclic) bond motifs is 1. The number of morpholine rings is 1. The average Bonchev–Trinajstić information content (AvgIpc) is 2.67. The Morgan fingerprint density at radius 3 is 2.61 bits per heavy atom. The van der Waals surface area contributed by atoms with Crippen LogP contribution < -0.4 is 4.90 Å². The van der Waals surface area contributed by atoms with E-state index in [1.807, 2.05) is 4.90 Å². The van der Waals surface area contributed by atoms with Crippen molar-refractivity contribution in [2.75, 3.05) is 37.5 Å². The zero-order valence-electron chi connectivity index (χ0n) is 15.0. The van der Waals surface area contributed by atoms with Gasteiger partial charge in [0.1, 0.15) is 11.6 Å². The Labute approximate surface area is 166 Å². The first kappa shape index (κ1) is 19.0. The molecule has 28 heavy (non-hydrogen) atoms. The van der Waals surface area contributed by atoms with Crippen LogP contribution in [0.4, 0.5) is 10.2 Å². The Morgan fingerprint density at radius 2 is 1.89 bits per heavy atom. The van der Waals surface area contributed by atoms with Crippen molar-refractivity contribution in [2.45, 2.75) is 4.90 Å². The maximum Gasteiger partial charge on any atom is 0.224 e. The number of ether oxygens (including phenoxy) is 1. The summed E-state index contributed by atoms with van der Waals surface area (Å²) in [5.41, 5.74) is 1.19. The van der Waals surface area contributed by atoms with E-state index in [1.165, 1.54) is 18.2 Å². The first-order valence-electron chi connectivity index (χ1n) is 8.63. The Hall–Kier alpha value is -2.29. The number of rotatable bonds is 3. The highest BCUT2D eigenvalue weighted by atomic mass is 35.5. The number of halogens is 2. The Morgan fingerprint density at radius 1 is 1.14 bits per heavy atom. The van der Waals surface area contributed by atoms with E-state index in [0.717, 1.165) is 6.26 Å². The lowest BCUT2D eigenvalue weighted by atomic mass is 10.0. The SMILES string of the molecule is CS(=O)(=O)c1cccc(-c2cc3nc(Cl)nc(N4CCOCC4)c3cc2F)c1. The van der Waals surface area contributed by atoms with E-state index in [2.05, 4.69) is 9.97 Å². The number of aromatic nitrogens is 2. The Kier molecular flexibility index (Phi) is 4.95. The van der Waals surface area contributed by atoms with Crippen LogP contribution in [0.15, 0.2) is 41.3 Å². The van der Waals surface area contributed by atoms with E-state index in [-0.39, 0.29) is 15.7 Å². The monoisotopic (exact) mass is 421 g/mol. The van der Waals surface area contributed by atoms with Crippen LogP contribution in [0.2, 0.25) is 5.28 Å². The summed E-state index contributed by atoms with van der Waals surface area (Å²) in [4.78, 5) is 10.6. The highest BCUT2D eigenvalue weighted by Crippen LogP contribution is 2.33. The second-order valence-electron chi connectivity index (χ2n) is 6.56. The van der Waals surface area contributed by atoms with Crippen LogP contribution in [0.3, 0.4) is 0 Å².